The van der Waals surface area contributed by atoms with Gasteiger partial charge in [-0.1, -0.05) is 12.2 Å². The first-order valence-electron chi connectivity index (χ1n) is 2.73. The van der Waals surface area contributed by atoms with Crippen molar-refractivity contribution < 1.29 is 0 Å². The fourth-order valence-corrected chi connectivity index (χ4v) is 0.672. The average molecular weight is 107 g/mol. The van der Waals surface area contributed by atoms with Crippen LogP contribution >= 0.6 is 0 Å². The van der Waals surface area contributed by atoms with E-state index in [1.807, 2.05) is 19.1 Å². The van der Waals surface area contributed by atoms with Crippen LogP contribution in [-0.2, 0) is 0 Å². The van der Waals surface area contributed by atoms with E-state index in [-0.39, 0.29) is 0 Å². The van der Waals surface area contributed by atoms with Gasteiger partial charge in [-0.3, -0.25) is 0 Å². The van der Waals surface area contributed by atoms with Crippen LogP contribution in [0.2, 0.25) is 0 Å². The highest BCUT2D eigenvalue weighted by Crippen LogP contribution is 2.04. The summed E-state index contributed by atoms with van der Waals surface area (Å²) in [4.78, 5) is 0. The van der Waals surface area contributed by atoms with Gasteiger partial charge in [0.2, 0.25) is 0 Å². The third-order valence-corrected chi connectivity index (χ3v) is 1.27. The van der Waals surface area contributed by atoms with E-state index in [9.17, 15) is 0 Å². The Morgan fingerprint density at radius 3 is 2.75 bits per heavy atom. The van der Waals surface area contributed by atoms with Crippen molar-refractivity contribution in [2.24, 2.45) is 0 Å². The van der Waals surface area contributed by atoms with Crippen LogP contribution in [-0.4, -0.2) is 5.71 Å². The van der Waals surface area contributed by atoms with Crippen molar-refractivity contribution in [2.75, 3.05) is 0 Å². The molecule has 0 aromatic carbocycles. The van der Waals surface area contributed by atoms with Crippen molar-refractivity contribution in [1.29, 1.82) is 5.41 Å². The fraction of sp³-hybridized carbons (Fsp3) is 0.286. The van der Waals surface area contributed by atoms with Crippen molar-refractivity contribution in [3.05, 3.63) is 23.8 Å². The molecule has 0 unspecified atom stereocenters. The first-order chi connectivity index (χ1) is 3.80. The topological polar surface area (TPSA) is 23.9 Å². The Labute approximate surface area is 49.2 Å². The third-order valence-electron chi connectivity index (χ3n) is 1.27. The Morgan fingerprint density at radius 2 is 2.38 bits per heavy atom. The first-order valence-corrected chi connectivity index (χ1v) is 2.73. The highest BCUT2D eigenvalue weighted by Gasteiger charge is 1.95. The smallest absolute Gasteiger partial charge is 0.0562 e. The summed E-state index contributed by atoms with van der Waals surface area (Å²) in [6.45, 7) is 1.96. The molecule has 1 nitrogen and oxygen atoms in total. The molecule has 0 fully saturated rings. The van der Waals surface area contributed by atoms with Gasteiger partial charge in [0.25, 0.3) is 0 Å². The molecule has 0 aromatic rings. The fourth-order valence-electron chi connectivity index (χ4n) is 0.672. The maximum atomic E-state index is 7.24. The van der Waals surface area contributed by atoms with E-state index in [4.69, 9.17) is 5.41 Å². The summed E-state index contributed by atoms with van der Waals surface area (Å²) in [5.41, 5.74) is 1.74. The lowest BCUT2D eigenvalue weighted by atomic mass is 10.1. The largest absolute Gasteiger partial charge is 0.301 e. The molecule has 0 heterocycles. The summed E-state index contributed by atoms with van der Waals surface area (Å²) in [6, 6.07) is 0. The molecule has 1 aliphatic rings. The Bertz CT molecular complexity index is 163. The van der Waals surface area contributed by atoms with E-state index in [0.29, 0.717) is 5.71 Å². The highest BCUT2D eigenvalue weighted by molar-refractivity contribution is 6.06. The monoisotopic (exact) mass is 107 g/mol. The molecule has 0 saturated carbocycles. The molecule has 0 aliphatic heterocycles. The first kappa shape index (κ1) is 5.29. The van der Waals surface area contributed by atoms with Crippen LogP contribution in [0.5, 0.6) is 0 Å². The van der Waals surface area contributed by atoms with Gasteiger partial charge in [0.15, 0.2) is 0 Å². The Kier molecular flexibility index (Phi) is 1.29. The van der Waals surface area contributed by atoms with E-state index < -0.39 is 0 Å². The second kappa shape index (κ2) is 1.95. The zero-order chi connectivity index (χ0) is 5.98. The van der Waals surface area contributed by atoms with Crippen LogP contribution in [0.3, 0.4) is 0 Å². The average Bonchev–Trinajstić information content (AvgIpc) is 1.77. The molecule has 0 bridgehead atoms. The number of hydrogen-bond donors (Lipinski definition) is 1. The molecule has 0 spiro atoms. The van der Waals surface area contributed by atoms with E-state index in [1.54, 1.807) is 0 Å². The lowest BCUT2D eigenvalue weighted by Gasteiger charge is -2.00. The van der Waals surface area contributed by atoms with Crippen LogP contribution in [0.25, 0.3) is 0 Å². The van der Waals surface area contributed by atoms with Gasteiger partial charge in [0.05, 0.1) is 5.71 Å². The zero-order valence-corrected chi connectivity index (χ0v) is 4.94. The molecule has 0 radical (unpaired) electrons. The van der Waals surface area contributed by atoms with Gasteiger partial charge in [-0.2, -0.15) is 0 Å². The summed E-state index contributed by atoms with van der Waals surface area (Å²) >= 11 is 0. The zero-order valence-electron chi connectivity index (χ0n) is 4.94. The summed E-state index contributed by atoms with van der Waals surface area (Å²) in [5.74, 6) is 0. The van der Waals surface area contributed by atoms with Crippen molar-refractivity contribution >= 4 is 5.71 Å². The molecule has 1 heteroatoms. The van der Waals surface area contributed by atoms with Gasteiger partial charge in [-0.05, 0) is 25.0 Å². The molecule has 8 heavy (non-hydrogen) atoms. The molecule has 1 N–H and O–H groups in total. The quantitative estimate of drug-likeness (QED) is 0.489. The molecular formula is C7H9N. The number of hydrogen-bond acceptors (Lipinski definition) is 1. The molecule has 1 aliphatic carbocycles. The van der Waals surface area contributed by atoms with E-state index in [1.165, 1.54) is 0 Å². The minimum Gasteiger partial charge on any atom is -0.301 e. The standard InChI is InChI=1S/C7H9N/c1-6-4-2-3-5-7(6)8/h3-5,8H,2H2,1H3. The molecule has 0 atom stereocenters. The van der Waals surface area contributed by atoms with E-state index in [2.05, 4.69) is 6.08 Å². The number of allylic oxidation sites excluding steroid dienone is 4. The summed E-state index contributed by atoms with van der Waals surface area (Å²) in [5, 5.41) is 7.24. The molecule has 42 valence electrons. The predicted molar refractivity (Wildman–Crippen MR) is 35.2 cm³/mol. The maximum Gasteiger partial charge on any atom is 0.0562 e. The second-order valence-corrected chi connectivity index (χ2v) is 1.94. The van der Waals surface area contributed by atoms with Gasteiger partial charge < -0.3 is 5.41 Å². The molecule has 1 rings (SSSR count). The van der Waals surface area contributed by atoms with Crippen molar-refractivity contribution in [3.8, 4) is 0 Å². The Morgan fingerprint density at radius 1 is 1.62 bits per heavy atom. The Balaban J connectivity index is 2.78. The molecule has 0 saturated heterocycles. The van der Waals surface area contributed by atoms with Gasteiger partial charge in [0, 0.05) is 0 Å². The summed E-state index contributed by atoms with van der Waals surface area (Å²) < 4.78 is 0. The normalized spacial score (nSPS) is 18.6. The lowest BCUT2D eigenvalue weighted by molar-refractivity contribution is 1.30. The highest BCUT2D eigenvalue weighted by atomic mass is 14.4. The van der Waals surface area contributed by atoms with Crippen LogP contribution in [0.15, 0.2) is 23.8 Å². The van der Waals surface area contributed by atoms with Gasteiger partial charge in [0.1, 0.15) is 0 Å². The predicted octanol–water partition coefficient (Wildman–Crippen LogP) is 1.91. The second-order valence-electron chi connectivity index (χ2n) is 1.94. The molecule has 0 amide bonds. The van der Waals surface area contributed by atoms with Crippen LogP contribution in [0, 0.1) is 5.41 Å². The summed E-state index contributed by atoms with van der Waals surface area (Å²) in [7, 11) is 0. The van der Waals surface area contributed by atoms with E-state index in [0.717, 1.165) is 12.0 Å². The SMILES string of the molecule is CC1=CCC=CC1=N. The number of rotatable bonds is 0. The Hall–Kier alpha value is -0.850. The van der Waals surface area contributed by atoms with Gasteiger partial charge >= 0.3 is 0 Å². The van der Waals surface area contributed by atoms with Crippen LogP contribution in [0.4, 0.5) is 0 Å². The van der Waals surface area contributed by atoms with Gasteiger partial charge in [-0.25, -0.2) is 0 Å². The van der Waals surface area contributed by atoms with Crippen LogP contribution in [0.1, 0.15) is 13.3 Å². The third kappa shape index (κ3) is 0.861. The summed E-state index contributed by atoms with van der Waals surface area (Å²) in [6.07, 6.45) is 6.89. The minimum absolute atomic E-state index is 0.649. The van der Waals surface area contributed by atoms with Crippen molar-refractivity contribution in [2.45, 2.75) is 13.3 Å². The maximum absolute atomic E-state index is 7.24. The van der Waals surface area contributed by atoms with Crippen molar-refractivity contribution in [1.82, 2.24) is 0 Å². The van der Waals surface area contributed by atoms with E-state index >= 15 is 0 Å². The molecular weight excluding hydrogens is 98.1 g/mol. The molecule has 0 aromatic heterocycles. The minimum atomic E-state index is 0.649. The van der Waals surface area contributed by atoms with Crippen molar-refractivity contribution in [3.63, 3.8) is 0 Å². The van der Waals surface area contributed by atoms with Gasteiger partial charge in [-0.15, -0.1) is 0 Å². The number of nitrogens with one attached hydrogen (secondary N) is 1. The lowest BCUT2D eigenvalue weighted by Crippen LogP contribution is -1.95. The van der Waals surface area contributed by atoms with Crippen LogP contribution < -0.4 is 0 Å².